The summed E-state index contributed by atoms with van der Waals surface area (Å²) < 4.78 is 0. The van der Waals surface area contributed by atoms with E-state index in [9.17, 15) is 4.79 Å². The van der Waals surface area contributed by atoms with Crippen molar-refractivity contribution < 1.29 is 4.79 Å². The van der Waals surface area contributed by atoms with Crippen molar-refractivity contribution in [2.75, 3.05) is 6.54 Å². The third-order valence-corrected chi connectivity index (χ3v) is 2.31. The zero-order chi connectivity index (χ0) is 10.2. The predicted molar refractivity (Wildman–Crippen MR) is 51.9 cm³/mol. The molecule has 1 fully saturated rings. The van der Waals surface area contributed by atoms with E-state index in [2.05, 4.69) is 19.2 Å². The van der Waals surface area contributed by atoms with Gasteiger partial charge in [0, 0.05) is 6.54 Å². The van der Waals surface area contributed by atoms with E-state index in [0.29, 0.717) is 12.5 Å². The molecule has 0 aromatic rings. The standard InChI is InChI=1S/C9H17N3O/c1-6(2)5-12-8(13)11-7(10)9(12,3)4/h6H,5H2,1-4H3,(H2,10,11,13). The Hall–Kier alpha value is -1.06. The van der Waals surface area contributed by atoms with Gasteiger partial charge in [-0.15, -0.1) is 0 Å². The minimum Gasteiger partial charge on any atom is -0.312 e. The number of urea groups is 1. The zero-order valence-corrected chi connectivity index (χ0v) is 8.64. The maximum Gasteiger partial charge on any atom is 0.323 e. The third-order valence-electron chi connectivity index (χ3n) is 2.31. The van der Waals surface area contributed by atoms with Gasteiger partial charge in [-0.05, 0) is 19.8 Å². The highest BCUT2D eigenvalue weighted by atomic mass is 16.2. The van der Waals surface area contributed by atoms with Gasteiger partial charge in [0.25, 0.3) is 0 Å². The highest BCUT2D eigenvalue weighted by Crippen LogP contribution is 2.21. The fourth-order valence-corrected chi connectivity index (χ4v) is 1.39. The van der Waals surface area contributed by atoms with Gasteiger partial charge in [-0.3, -0.25) is 10.7 Å². The first-order chi connectivity index (χ1) is 5.85. The van der Waals surface area contributed by atoms with E-state index < -0.39 is 5.54 Å². The Kier molecular flexibility index (Phi) is 2.32. The molecule has 1 rings (SSSR count). The Bertz CT molecular complexity index is 245. The third kappa shape index (κ3) is 1.66. The summed E-state index contributed by atoms with van der Waals surface area (Å²) in [6.45, 7) is 8.59. The second-order valence-electron chi connectivity index (χ2n) is 4.37. The Balaban J connectivity index is 2.82. The van der Waals surface area contributed by atoms with E-state index >= 15 is 0 Å². The molecule has 0 atom stereocenters. The first-order valence-corrected chi connectivity index (χ1v) is 4.53. The molecule has 0 unspecified atom stereocenters. The molecule has 0 saturated carbocycles. The van der Waals surface area contributed by atoms with Crippen molar-refractivity contribution in [1.82, 2.24) is 10.2 Å². The van der Waals surface area contributed by atoms with Crippen LogP contribution in [0.3, 0.4) is 0 Å². The van der Waals surface area contributed by atoms with Crippen LogP contribution < -0.4 is 5.32 Å². The van der Waals surface area contributed by atoms with Crippen molar-refractivity contribution in [2.45, 2.75) is 33.2 Å². The normalized spacial score (nSPS) is 21.2. The maximum atomic E-state index is 11.4. The average Bonchev–Trinajstić information content (AvgIpc) is 2.13. The summed E-state index contributed by atoms with van der Waals surface area (Å²) in [4.78, 5) is 13.1. The highest BCUT2D eigenvalue weighted by molar-refractivity contribution is 6.07. The topological polar surface area (TPSA) is 56.2 Å². The monoisotopic (exact) mass is 183 g/mol. The summed E-state index contributed by atoms with van der Waals surface area (Å²) in [6, 6.07) is -0.149. The van der Waals surface area contributed by atoms with E-state index in [1.165, 1.54) is 0 Å². The van der Waals surface area contributed by atoms with Crippen molar-refractivity contribution >= 4 is 11.9 Å². The summed E-state index contributed by atoms with van der Waals surface area (Å²) in [5.41, 5.74) is -0.471. The lowest BCUT2D eigenvalue weighted by atomic mass is 10.0. The van der Waals surface area contributed by atoms with E-state index in [-0.39, 0.29) is 11.9 Å². The fraction of sp³-hybridized carbons (Fsp3) is 0.778. The van der Waals surface area contributed by atoms with Crippen LogP contribution in [0.1, 0.15) is 27.7 Å². The van der Waals surface area contributed by atoms with E-state index in [0.717, 1.165) is 0 Å². The molecule has 0 aromatic carbocycles. The predicted octanol–water partition coefficient (Wildman–Crippen LogP) is 1.42. The second kappa shape index (κ2) is 3.01. The minimum atomic E-state index is -0.471. The van der Waals surface area contributed by atoms with Gasteiger partial charge in [-0.1, -0.05) is 13.8 Å². The fourth-order valence-electron chi connectivity index (χ4n) is 1.39. The molecule has 13 heavy (non-hydrogen) atoms. The van der Waals surface area contributed by atoms with Gasteiger partial charge < -0.3 is 4.90 Å². The van der Waals surface area contributed by atoms with Crippen LogP contribution in [0.2, 0.25) is 0 Å². The average molecular weight is 183 g/mol. The van der Waals surface area contributed by atoms with Gasteiger partial charge in [0.1, 0.15) is 5.84 Å². The van der Waals surface area contributed by atoms with Gasteiger partial charge in [-0.2, -0.15) is 0 Å². The molecule has 74 valence electrons. The first kappa shape index (κ1) is 10.0. The summed E-state index contributed by atoms with van der Waals surface area (Å²) in [5, 5.41) is 10.1. The molecule has 0 radical (unpaired) electrons. The molecule has 4 heteroatoms. The Labute approximate surface area is 78.8 Å². The maximum absolute atomic E-state index is 11.4. The molecule has 2 amide bonds. The van der Waals surface area contributed by atoms with Gasteiger partial charge in [0.15, 0.2) is 0 Å². The SMILES string of the molecule is CC(C)CN1C(=O)NC(=N)C1(C)C. The van der Waals surface area contributed by atoms with E-state index in [1.54, 1.807) is 4.90 Å². The lowest BCUT2D eigenvalue weighted by Gasteiger charge is -2.30. The molecule has 0 aliphatic carbocycles. The second-order valence-corrected chi connectivity index (χ2v) is 4.37. The summed E-state index contributed by atoms with van der Waals surface area (Å²) in [6.07, 6.45) is 0. The molecule has 1 aliphatic heterocycles. The number of amides is 2. The van der Waals surface area contributed by atoms with Gasteiger partial charge in [0.05, 0.1) is 5.54 Å². The molecule has 4 nitrogen and oxygen atoms in total. The smallest absolute Gasteiger partial charge is 0.312 e. The summed E-state index contributed by atoms with van der Waals surface area (Å²) in [7, 11) is 0. The van der Waals surface area contributed by atoms with Gasteiger partial charge in [-0.25, -0.2) is 4.79 Å². The molecular formula is C9H17N3O. The van der Waals surface area contributed by atoms with Crippen molar-refractivity contribution in [3.05, 3.63) is 0 Å². The van der Waals surface area contributed by atoms with Crippen LogP contribution in [0, 0.1) is 11.3 Å². The van der Waals surface area contributed by atoms with Crippen LogP contribution in [0.5, 0.6) is 0 Å². The number of nitrogens with one attached hydrogen (secondary N) is 2. The van der Waals surface area contributed by atoms with Crippen LogP contribution in [0.25, 0.3) is 0 Å². The van der Waals surface area contributed by atoms with Gasteiger partial charge >= 0.3 is 6.03 Å². The van der Waals surface area contributed by atoms with Crippen LogP contribution in [-0.2, 0) is 0 Å². The van der Waals surface area contributed by atoms with E-state index in [4.69, 9.17) is 5.41 Å². The van der Waals surface area contributed by atoms with Crippen LogP contribution in [0.4, 0.5) is 4.79 Å². The molecule has 1 heterocycles. The van der Waals surface area contributed by atoms with Crippen molar-refractivity contribution in [3.8, 4) is 0 Å². The Morgan fingerprint density at radius 2 is 2.08 bits per heavy atom. The van der Waals surface area contributed by atoms with Crippen LogP contribution in [0.15, 0.2) is 0 Å². The Morgan fingerprint density at radius 3 is 2.38 bits per heavy atom. The lowest BCUT2D eigenvalue weighted by molar-refractivity contribution is 0.176. The quantitative estimate of drug-likeness (QED) is 0.668. The number of rotatable bonds is 2. The number of amidine groups is 1. The van der Waals surface area contributed by atoms with Crippen LogP contribution >= 0.6 is 0 Å². The summed E-state index contributed by atoms with van der Waals surface area (Å²) >= 11 is 0. The number of hydrogen-bond donors (Lipinski definition) is 2. The zero-order valence-electron chi connectivity index (χ0n) is 8.64. The van der Waals surface area contributed by atoms with Crippen LogP contribution in [-0.4, -0.2) is 28.9 Å². The Morgan fingerprint density at radius 1 is 1.54 bits per heavy atom. The molecule has 1 aliphatic rings. The molecule has 0 aromatic heterocycles. The largest absolute Gasteiger partial charge is 0.323 e. The number of nitrogens with zero attached hydrogens (tertiary/aromatic N) is 1. The highest BCUT2D eigenvalue weighted by Gasteiger charge is 2.42. The number of hydrogen-bond acceptors (Lipinski definition) is 2. The molecule has 0 spiro atoms. The molecule has 0 bridgehead atoms. The molecule has 2 N–H and O–H groups in total. The minimum absolute atomic E-state index is 0.149. The van der Waals surface area contributed by atoms with Gasteiger partial charge in [0.2, 0.25) is 0 Å². The number of carbonyl (C=O) groups is 1. The summed E-state index contributed by atoms with van der Waals surface area (Å²) in [5.74, 6) is 0.717. The lowest BCUT2D eigenvalue weighted by Crippen LogP contribution is -2.45. The van der Waals surface area contributed by atoms with Crippen molar-refractivity contribution in [2.24, 2.45) is 5.92 Å². The van der Waals surface area contributed by atoms with Crippen molar-refractivity contribution in [3.63, 3.8) is 0 Å². The van der Waals surface area contributed by atoms with Crippen molar-refractivity contribution in [1.29, 1.82) is 5.41 Å². The van der Waals surface area contributed by atoms with E-state index in [1.807, 2.05) is 13.8 Å². The molecular weight excluding hydrogens is 166 g/mol. The molecule has 1 saturated heterocycles. The number of carbonyl (C=O) groups excluding carboxylic acids is 1. The first-order valence-electron chi connectivity index (χ1n) is 4.53.